The van der Waals surface area contributed by atoms with Crippen molar-refractivity contribution in [3.05, 3.63) is 70.5 Å². The van der Waals surface area contributed by atoms with Crippen LogP contribution >= 0.6 is 0 Å². The molecule has 2 aromatic carbocycles. The summed E-state index contributed by atoms with van der Waals surface area (Å²) in [4.78, 5) is 16.9. The molecule has 0 aliphatic rings. The lowest BCUT2D eigenvalue weighted by atomic mass is 10.2. The van der Waals surface area contributed by atoms with Gasteiger partial charge in [0.15, 0.2) is 0 Å². The molecule has 1 N–H and O–H groups in total. The van der Waals surface area contributed by atoms with Crippen LogP contribution in [0.5, 0.6) is 5.75 Å². The third kappa shape index (κ3) is 3.44. The Hall–Kier alpha value is -2.73. The number of aromatic nitrogens is 2. The number of rotatable bonds is 5. The molecule has 1 unspecified atom stereocenters. The molecule has 0 fully saturated rings. The summed E-state index contributed by atoms with van der Waals surface area (Å²) in [5, 5.41) is 10.7. The largest absolute Gasteiger partial charge is 0.491 e. The summed E-state index contributed by atoms with van der Waals surface area (Å²) in [6.07, 6.45) is -0.894. The van der Waals surface area contributed by atoms with Crippen LogP contribution in [-0.2, 0) is 6.54 Å². The second kappa shape index (κ2) is 6.80. The Labute approximate surface area is 138 Å². The van der Waals surface area contributed by atoms with Crippen molar-refractivity contribution in [2.24, 2.45) is 0 Å². The van der Waals surface area contributed by atoms with E-state index in [2.05, 4.69) is 4.98 Å². The maximum Gasteiger partial charge on any atom is 0.261 e. The molecular formula is C18H17FN2O3. The van der Waals surface area contributed by atoms with Crippen molar-refractivity contribution in [3.8, 4) is 5.75 Å². The molecule has 1 atom stereocenters. The molecular weight excluding hydrogens is 311 g/mol. The number of halogens is 1. The van der Waals surface area contributed by atoms with E-state index in [1.807, 2.05) is 6.07 Å². The van der Waals surface area contributed by atoms with Crippen molar-refractivity contribution in [3.63, 3.8) is 0 Å². The van der Waals surface area contributed by atoms with Crippen LogP contribution in [0, 0.1) is 12.7 Å². The van der Waals surface area contributed by atoms with Crippen LogP contribution < -0.4 is 10.3 Å². The Morgan fingerprint density at radius 2 is 1.92 bits per heavy atom. The summed E-state index contributed by atoms with van der Waals surface area (Å²) in [7, 11) is 0. The Bertz CT molecular complexity index is 906. The molecule has 124 valence electrons. The lowest BCUT2D eigenvalue weighted by Gasteiger charge is -2.16. The van der Waals surface area contributed by atoms with Gasteiger partial charge in [-0.1, -0.05) is 12.1 Å². The highest BCUT2D eigenvalue weighted by Crippen LogP contribution is 2.12. The molecule has 1 aromatic heterocycles. The molecule has 5 nitrogen and oxygen atoms in total. The van der Waals surface area contributed by atoms with E-state index in [-0.39, 0.29) is 24.5 Å². The van der Waals surface area contributed by atoms with Crippen LogP contribution in [0.4, 0.5) is 4.39 Å². The molecule has 0 bridgehead atoms. The molecule has 0 saturated heterocycles. The van der Waals surface area contributed by atoms with Crippen molar-refractivity contribution in [1.82, 2.24) is 9.55 Å². The van der Waals surface area contributed by atoms with Gasteiger partial charge in [0.2, 0.25) is 0 Å². The maximum absolute atomic E-state index is 12.8. The fourth-order valence-electron chi connectivity index (χ4n) is 2.48. The fraction of sp³-hybridized carbons (Fsp3) is 0.222. The van der Waals surface area contributed by atoms with E-state index < -0.39 is 6.10 Å². The molecule has 3 aromatic rings. The van der Waals surface area contributed by atoms with E-state index in [1.165, 1.54) is 28.8 Å². The molecule has 0 amide bonds. The summed E-state index contributed by atoms with van der Waals surface area (Å²) in [6.45, 7) is 1.79. The van der Waals surface area contributed by atoms with Gasteiger partial charge in [-0.25, -0.2) is 9.37 Å². The van der Waals surface area contributed by atoms with Crippen molar-refractivity contribution < 1.29 is 14.2 Å². The van der Waals surface area contributed by atoms with Crippen LogP contribution in [0.15, 0.2) is 53.3 Å². The first-order chi connectivity index (χ1) is 11.5. The van der Waals surface area contributed by atoms with Crippen LogP contribution in [0.25, 0.3) is 10.9 Å². The molecule has 24 heavy (non-hydrogen) atoms. The van der Waals surface area contributed by atoms with E-state index in [0.29, 0.717) is 22.5 Å². The predicted octanol–water partition coefficient (Wildman–Crippen LogP) is 2.28. The number of aliphatic hydroxyl groups is 1. The highest BCUT2D eigenvalue weighted by molar-refractivity contribution is 5.77. The molecule has 0 aliphatic heterocycles. The lowest BCUT2D eigenvalue weighted by molar-refractivity contribution is 0.0908. The first-order valence-electron chi connectivity index (χ1n) is 7.57. The quantitative estimate of drug-likeness (QED) is 0.780. The number of aryl methyl sites for hydroxylation is 1. The zero-order chi connectivity index (χ0) is 17.1. The molecule has 6 heteroatoms. The van der Waals surface area contributed by atoms with Gasteiger partial charge in [0.1, 0.15) is 30.1 Å². The highest BCUT2D eigenvalue weighted by Gasteiger charge is 2.13. The van der Waals surface area contributed by atoms with Crippen LogP contribution in [0.3, 0.4) is 0 Å². The van der Waals surface area contributed by atoms with Gasteiger partial charge in [-0.15, -0.1) is 0 Å². The van der Waals surface area contributed by atoms with Crippen molar-refractivity contribution in [2.75, 3.05) is 6.61 Å². The summed E-state index contributed by atoms with van der Waals surface area (Å²) in [6, 6.07) is 12.6. The average molecular weight is 328 g/mol. The molecule has 3 rings (SSSR count). The number of para-hydroxylation sites is 1. The topological polar surface area (TPSA) is 64.4 Å². The van der Waals surface area contributed by atoms with Gasteiger partial charge in [0, 0.05) is 0 Å². The van der Waals surface area contributed by atoms with Gasteiger partial charge in [0.05, 0.1) is 17.4 Å². The first-order valence-corrected chi connectivity index (χ1v) is 7.57. The zero-order valence-electron chi connectivity index (χ0n) is 13.1. The lowest BCUT2D eigenvalue weighted by Crippen LogP contribution is -2.32. The van der Waals surface area contributed by atoms with E-state index in [0.717, 1.165) is 0 Å². The van der Waals surface area contributed by atoms with E-state index in [1.54, 1.807) is 25.1 Å². The van der Waals surface area contributed by atoms with Gasteiger partial charge in [-0.05, 0) is 43.3 Å². The third-order valence-corrected chi connectivity index (χ3v) is 3.70. The second-order valence-electron chi connectivity index (χ2n) is 5.51. The molecule has 0 saturated carbocycles. The summed E-state index contributed by atoms with van der Waals surface area (Å²) < 4.78 is 19.7. The standard InChI is InChI=1S/C18H17FN2O3/c1-12-20-17-5-3-2-4-16(17)18(23)21(12)10-14(22)11-24-15-8-6-13(19)7-9-15/h2-9,14,22H,10-11H2,1H3. The van der Waals surface area contributed by atoms with Gasteiger partial charge < -0.3 is 9.84 Å². The smallest absolute Gasteiger partial charge is 0.261 e. The summed E-state index contributed by atoms with van der Waals surface area (Å²) in [5.41, 5.74) is 0.437. The summed E-state index contributed by atoms with van der Waals surface area (Å²) in [5.74, 6) is 0.628. The van der Waals surface area contributed by atoms with Crippen LogP contribution in [-0.4, -0.2) is 27.4 Å². The minimum atomic E-state index is -0.894. The molecule has 0 radical (unpaired) electrons. The molecule has 1 heterocycles. The average Bonchev–Trinajstić information content (AvgIpc) is 2.58. The molecule has 0 aliphatic carbocycles. The number of ether oxygens (including phenoxy) is 1. The van der Waals surface area contributed by atoms with Crippen molar-refractivity contribution in [2.45, 2.75) is 19.6 Å². The second-order valence-corrected chi connectivity index (χ2v) is 5.51. The van der Waals surface area contributed by atoms with E-state index in [4.69, 9.17) is 4.74 Å². The number of benzene rings is 2. The van der Waals surface area contributed by atoms with Gasteiger partial charge in [-0.3, -0.25) is 9.36 Å². The number of hydrogen-bond donors (Lipinski definition) is 1. The SMILES string of the molecule is Cc1nc2ccccc2c(=O)n1CC(O)COc1ccc(F)cc1. The Morgan fingerprint density at radius 3 is 2.67 bits per heavy atom. The molecule has 0 spiro atoms. The van der Waals surface area contributed by atoms with Gasteiger partial charge in [0.25, 0.3) is 5.56 Å². The van der Waals surface area contributed by atoms with Crippen LogP contribution in [0.2, 0.25) is 0 Å². The first kappa shape index (κ1) is 16.1. The minimum absolute atomic E-state index is 0.00958. The highest BCUT2D eigenvalue weighted by atomic mass is 19.1. The Morgan fingerprint density at radius 1 is 1.21 bits per heavy atom. The van der Waals surface area contributed by atoms with Gasteiger partial charge in [-0.2, -0.15) is 0 Å². The van der Waals surface area contributed by atoms with E-state index >= 15 is 0 Å². The normalized spacial score (nSPS) is 12.3. The Kier molecular flexibility index (Phi) is 4.57. The van der Waals surface area contributed by atoms with Crippen molar-refractivity contribution >= 4 is 10.9 Å². The number of hydrogen-bond acceptors (Lipinski definition) is 4. The number of fused-ring (bicyclic) bond motifs is 1. The van der Waals surface area contributed by atoms with Gasteiger partial charge >= 0.3 is 0 Å². The Balaban J connectivity index is 1.74. The van der Waals surface area contributed by atoms with Crippen LogP contribution in [0.1, 0.15) is 5.82 Å². The third-order valence-electron chi connectivity index (χ3n) is 3.70. The summed E-state index contributed by atoms with van der Waals surface area (Å²) >= 11 is 0. The minimum Gasteiger partial charge on any atom is -0.491 e. The number of aliphatic hydroxyl groups excluding tert-OH is 1. The monoisotopic (exact) mass is 328 g/mol. The maximum atomic E-state index is 12.8. The fourth-order valence-corrected chi connectivity index (χ4v) is 2.48. The van der Waals surface area contributed by atoms with E-state index in [9.17, 15) is 14.3 Å². The number of nitrogens with zero attached hydrogens (tertiary/aromatic N) is 2. The predicted molar refractivity (Wildman–Crippen MR) is 88.6 cm³/mol. The zero-order valence-corrected chi connectivity index (χ0v) is 13.1. The van der Waals surface area contributed by atoms with Crippen molar-refractivity contribution in [1.29, 1.82) is 0 Å².